The van der Waals surface area contributed by atoms with E-state index in [0.29, 0.717) is 47.0 Å². The normalized spacial score (nSPS) is 13.8. The molecule has 4 N–H and O–H groups in total. The number of pyridine rings is 1. The van der Waals surface area contributed by atoms with Crippen LogP contribution >= 0.6 is 0 Å². The lowest BCUT2D eigenvalue weighted by molar-refractivity contribution is -0.138. The number of amides is 1. The van der Waals surface area contributed by atoms with Crippen LogP contribution in [0.3, 0.4) is 0 Å². The first kappa shape index (κ1) is 25.2. The van der Waals surface area contributed by atoms with Gasteiger partial charge in [0.15, 0.2) is 0 Å². The number of anilines is 2. The summed E-state index contributed by atoms with van der Waals surface area (Å²) < 4.78 is 43.2. The number of halogens is 3. The monoisotopic (exact) mass is 500 g/mol. The molecule has 0 bridgehead atoms. The number of fused-ring (bicyclic) bond motifs is 1. The third-order valence-corrected chi connectivity index (χ3v) is 6.09. The summed E-state index contributed by atoms with van der Waals surface area (Å²) in [4.78, 5) is 23.3. The zero-order chi connectivity index (χ0) is 26.2. The summed E-state index contributed by atoms with van der Waals surface area (Å²) in [5, 5.41) is 7.44. The van der Waals surface area contributed by atoms with Gasteiger partial charge in [-0.05, 0) is 48.7 Å². The molecule has 0 atom stereocenters. The second-order valence-corrected chi connectivity index (χ2v) is 8.29. The Balaban J connectivity index is 1.86. The molecule has 9 nitrogen and oxygen atoms in total. The molecular formula is C24H27F3N8O. The highest BCUT2D eigenvalue weighted by molar-refractivity contribution is 6.10. The van der Waals surface area contributed by atoms with Gasteiger partial charge in [-0.25, -0.2) is 10.8 Å². The number of hydrogen-bond donors (Lipinski definition) is 3. The highest BCUT2D eigenvalue weighted by Gasteiger charge is 2.41. The van der Waals surface area contributed by atoms with Gasteiger partial charge in [-0.3, -0.25) is 19.4 Å². The van der Waals surface area contributed by atoms with Crippen LogP contribution in [0.15, 0.2) is 35.5 Å². The first-order valence-corrected chi connectivity index (χ1v) is 11.4. The Morgan fingerprint density at radius 1 is 1.22 bits per heavy atom. The number of benzene rings is 1. The number of hydrazine groups is 1. The maximum Gasteiger partial charge on any atom is 0.416 e. The quantitative estimate of drug-likeness (QED) is 0.207. The third-order valence-electron chi connectivity index (χ3n) is 6.09. The second kappa shape index (κ2) is 9.61. The molecule has 0 unspecified atom stereocenters. The van der Waals surface area contributed by atoms with Crippen LogP contribution < -0.4 is 21.5 Å². The number of rotatable bonds is 6. The number of aromatic nitrogens is 3. The van der Waals surface area contributed by atoms with E-state index in [1.807, 2.05) is 6.92 Å². The Labute approximate surface area is 206 Å². The third kappa shape index (κ3) is 4.39. The SMILES string of the molecule is CCNc1cc(-c2c(C(=NC)NN)cnn2C)cc(N2Cc3c(cc(CC)cc3C(F)(F)F)C2=O)n1. The highest BCUT2D eigenvalue weighted by Crippen LogP contribution is 2.40. The number of nitrogens with one attached hydrogen (secondary N) is 2. The van der Waals surface area contributed by atoms with E-state index in [4.69, 9.17) is 5.84 Å². The van der Waals surface area contributed by atoms with Crippen molar-refractivity contribution in [3.05, 3.63) is 58.3 Å². The van der Waals surface area contributed by atoms with Gasteiger partial charge >= 0.3 is 6.18 Å². The number of nitrogens with zero attached hydrogens (tertiary/aromatic N) is 5. The van der Waals surface area contributed by atoms with E-state index in [1.165, 1.54) is 11.0 Å². The first-order chi connectivity index (χ1) is 17.1. The lowest BCUT2D eigenvalue weighted by Gasteiger charge is -2.19. The smallest absolute Gasteiger partial charge is 0.370 e. The highest BCUT2D eigenvalue weighted by atomic mass is 19.4. The van der Waals surface area contributed by atoms with E-state index in [1.54, 1.807) is 44.0 Å². The average molecular weight is 501 g/mol. The van der Waals surface area contributed by atoms with Crippen LogP contribution in [0.1, 0.15) is 46.5 Å². The van der Waals surface area contributed by atoms with Gasteiger partial charge in [0.25, 0.3) is 5.91 Å². The second-order valence-electron chi connectivity index (χ2n) is 8.29. The van der Waals surface area contributed by atoms with Gasteiger partial charge in [0, 0.05) is 31.8 Å². The zero-order valence-corrected chi connectivity index (χ0v) is 20.4. The minimum absolute atomic E-state index is 0.0455. The largest absolute Gasteiger partial charge is 0.416 e. The van der Waals surface area contributed by atoms with Gasteiger partial charge in [0.1, 0.15) is 17.5 Å². The average Bonchev–Trinajstić information content (AvgIpc) is 3.38. The van der Waals surface area contributed by atoms with Crippen molar-refractivity contribution in [2.75, 3.05) is 23.8 Å². The van der Waals surface area contributed by atoms with Crippen molar-refractivity contribution >= 4 is 23.4 Å². The molecule has 1 aromatic carbocycles. The van der Waals surface area contributed by atoms with Crippen LogP contribution in [0.4, 0.5) is 24.8 Å². The summed E-state index contributed by atoms with van der Waals surface area (Å²) in [6, 6.07) is 6.10. The summed E-state index contributed by atoms with van der Waals surface area (Å²) in [6.45, 7) is 3.95. The molecule has 4 rings (SSSR count). The molecule has 0 saturated carbocycles. The topological polar surface area (TPSA) is 113 Å². The van der Waals surface area contributed by atoms with Gasteiger partial charge in [-0.1, -0.05) is 6.92 Å². The molecule has 1 amide bonds. The number of carbonyl (C=O) groups excluding carboxylic acids is 1. The lowest BCUT2D eigenvalue weighted by Crippen LogP contribution is -2.31. The number of hydrogen-bond acceptors (Lipinski definition) is 6. The van der Waals surface area contributed by atoms with Crippen LogP contribution in [-0.4, -0.2) is 40.1 Å². The summed E-state index contributed by atoms with van der Waals surface area (Å²) >= 11 is 0. The number of amidine groups is 1. The standard InChI is InChI=1S/C24H27F3N8O/c1-5-13-7-15-17(18(8-13)24(25,26)27)12-35(23(15)36)20-10-14(9-19(32-20)30-6-2)21-16(11-31-34(21)4)22(29-3)33-28/h7-11H,5-6,12,28H2,1-4H3,(H,29,33)(H,30,32). The van der Waals surface area contributed by atoms with Gasteiger partial charge < -0.3 is 10.7 Å². The predicted octanol–water partition coefficient (Wildman–Crippen LogP) is 3.50. The van der Waals surface area contributed by atoms with E-state index in [9.17, 15) is 18.0 Å². The maximum absolute atomic E-state index is 13.9. The number of aliphatic imine (C=N–C) groups is 1. The minimum Gasteiger partial charge on any atom is -0.370 e. The van der Waals surface area contributed by atoms with Gasteiger partial charge in [-0.2, -0.15) is 18.3 Å². The van der Waals surface area contributed by atoms with Crippen molar-refractivity contribution in [2.24, 2.45) is 17.9 Å². The number of nitrogens with two attached hydrogens (primary N) is 1. The van der Waals surface area contributed by atoms with Gasteiger partial charge in [0.05, 0.1) is 29.6 Å². The van der Waals surface area contributed by atoms with Crippen molar-refractivity contribution in [2.45, 2.75) is 33.0 Å². The summed E-state index contributed by atoms with van der Waals surface area (Å²) in [7, 11) is 3.32. The Bertz CT molecular complexity index is 1350. The van der Waals surface area contributed by atoms with E-state index >= 15 is 0 Å². The molecule has 0 spiro atoms. The van der Waals surface area contributed by atoms with Crippen molar-refractivity contribution in [3.8, 4) is 11.3 Å². The molecule has 2 aromatic heterocycles. The number of aryl methyl sites for hydroxylation is 2. The van der Waals surface area contributed by atoms with Crippen LogP contribution in [0.5, 0.6) is 0 Å². The fourth-order valence-electron chi connectivity index (χ4n) is 4.39. The van der Waals surface area contributed by atoms with E-state index in [2.05, 4.69) is 25.8 Å². The summed E-state index contributed by atoms with van der Waals surface area (Å²) in [6.07, 6.45) is -2.60. The number of carbonyl (C=O) groups is 1. The zero-order valence-electron chi connectivity index (χ0n) is 20.4. The van der Waals surface area contributed by atoms with Crippen LogP contribution in [-0.2, 0) is 26.2 Å². The van der Waals surface area contributed by atoms with Gasteiger partial charge in [0.2, 0.25) is 0 Å². The summed E-state index contributed by atoms with van der Waals surface area (Å²) in [5.74, 6) is 6.18. The molecule has 0 radical (unpaired) electrons. The van der Waals surface area contributed by atoms with Crippen LogP contribution in [0.2, 0.25) is 0 Å². The van der Waals surface area contributed by atoms with Crippen LogP contribution in [0, 0.1) is 0 Å². The molecule has 1 aliphatic rings. The van der Waals surface area contributed by atoms with Gasteiger partial charge in [-0.15, -0.1) is 0 Å². The minimum atomic E-state index is -4.58. The molecule has 0 saturated heterocycles. The van der Waals surface area contributed by atoms with E-state index in [0.717, 1.165) is 6.07 Å². The Hall–Kier alpha value is -3.93. The fourth-order valence-corrected chi connectivity index (χ4v) is 4.39. The number of alkyl halides is 3. The van der Waals surface area contributed by atoms with Crippen molar-refractivity contribution in [1.82, 2.24) is 20.2 Å². The molecule has 0 fully saturated rings. The summed E-state index contributed by atoms with van der Waals surface area (Å²) in [5.41, 5.74) is 4.10. The van der Waals surface area contributed by atoms with Crippen molar-refractivity contribution in [1.29, 1.82) is 0 Å². The van der Waals surface area contributed by atoms with E-state index < -0.39 is 17.6 Å². The Morgan fingerprint density at radius 3 is 2.58 bits per heavy atom. The molecular weight excluding hydrogens is 473 g/mol. The lowest BCUT2D eigenvalue weighted by atomic mass is 9.98. The molecule has 36 heavy (non-hydrogen) atoms. The van der Waals surface area contributed by atoms with E-state index in [-0.39, 0.29) is 23.5 Å². The molecule has 3 aromatic rings. The predicted molar refractivity (Wildman–Crippen MR) is 132 cm³/mol. The van der Waals surface area contributed by atoms with Crippen LogP contribution in [0.25, 0.3) is 11.3 Å². The Kier molecular flexibility index (Phi) is 6.72. The first-order valence-electron chi connectivity index (χ1n) is 11.4. The fraction of sp³-hybridized carbons (Fsp3) is 0.333. The Morgan fingerprint density at radius 2 is 1.97 bits per heavy atom. The molecule has 3 heterocycles. The molecule has 1 aliphatic heterocycles. The molecule has 190 valence electrons. The molecule has 12 heteroatoms. The van der Waals surface area contributed by atoms with Crippen molar-refractivity contribution < 1.29 is 18.0 Å². The molecule has 0 aliphatic carbocycles. The maximum atomic E-state index is 13.9. The van der Waals surface area contributed by atoms with Crippen molar-refractivity contribution in [3.63, 3.8) is 0 Å².